The molecule has 0 spiro atoms. The smallest absolute Gasteiger partial charge is 0.137 e. The van der Waals surface area contributed by atoms with Crippen molar-refractivity contribution in [2.45, 2.75) is 11.5 Å². The first-order valence-corrected chi connectivity index (χ1v) is 7.25. The van der Waals surface area contributed by atoms with E-state index in [1.165, 1.54) is 0 Å². The summed E-state index contributed by atoms with van der Waals surface area (Å²) in [7, 11) is 0. The SMILES string of the molecule is Clc1ccc(-n2nc3c(c2Cl)CSC3)cc1Cl. The molecule has 0 N–H and O–H groups in total. The van der Waals surface area contributed by atoms with Crippen molar-refractivity contribution in [1.82, 2.24) is 9.78 Å². The van der Waals surface area contributed by atoms with Crippen molar-refractivity contribution in [2.75, 3.05) is 0 Å². The van der Waals surface area contributed by atoms with E-state index in [1.54, 1.807) is 16.8 Å². The van der Waals surface area contributed by atoms with Crippen molar-refractivity contribution in [3.63, 3.8) is 0 Å². The Bertz CT molecular complexity index is 595. The quantitative estimate of drug-likeness (QED) is 0.767. The predicted octanol–water partition coefficient (Wildman–Crippen LogP) is 4.58. The second-order valence-electron chi connectivity index (χ2n) is 3.72. The zero-order chi connectivity index (χ0) is 12.0. The van der Waals surface area contributed by atoms with E-state index in [-0.39, 0.29) is 0 Å². The van der Waals surface area contributed by atoms with Crippen LogP contribution in [0.15, 0.2) is 18.2 Å². The van der Waals surface area contributed by atoms with Gasteiger partial charge in [-0.3, -0.25) is 0 Å². The van der Waals surface area contributed by atoms with Crippen molar-refractivity contribution in [2.24, 2.45) is 0 Å². The molecule has 1 aromatic heterocycles. The molecule has 0 bridgehead atoms. The molecule has 0 unspecified atom stereocenters. The minimum Gasteiger partial charge on any atom is -0.222 e. The van der Waals surface area contributed by atoms with Crippen molar-refractivity contribution < 1.29 is 0 Å². The predicted molar refractivity (Wildman–Crippen MR) is 73.6 cm³/mol. The lowest BCUT2D eigenvalue weighted by molar-refractivity contribution is 0.860. The van der Waals surface area contributed by atoms with Crippen LogP contribution in [0.5, 0.6) is 0 Å². The van der Waals surface area contributed by atoms with Crippen LogP contribution in [0.4, 0.5) is 0 Å². The Kier molecular flexibility index (Phi) is 3.03. The van der Waals surface area contributed by atoms with Crippen LogP contribution in [0.1, 0.15) is 11.3 Å². The zero-order valence-electron chi connectivity index (χ0n) is 8.58. The molecular formula is C11H7Cl3N2S. The van der Waals surface area contributed by atoms with E-state index in [9.17, 15) is 0 Å². The lowest BCUT2D eigenvalue weighted by Gasteiger charge is -2.05. The fourth-order valence-corrected chi connectivity index (χ4v) is 3.49. The van der Waals surface area contributed by atoms with Gasteiger partial charge in [0.05, 0.1) is 21.4 Å². The molecule has 88 valence electrons. The molecular weight excluding hydrogens is 299 g/mol. The van der Waals surface area contributed by atoms with Gasteiger partial charge in [-0.05, 0) is 18.2 Å². The molecule has 1 aliphatic rings. The van der Waals surface area contributed by atoms with Crippen molar-refractivity contribution in [3.05, 3.63) is 44.7 Å². The van der Waals surface area contributed by atoms with Crippen LogP contribution in [0.3, 0.4) is 0 Å². The fourth-order valence-electron chi connectivity index (χ4n) is 1.77. The van der Waals surface area contributed by atoms with Crippen molar-refractivity contribution >= 4 is 46.6 Å². The highest BCUT2D eigenvalue weighted by molar-refractivity contribution is 7.98. The maximum Gasteiger partial charge on any atom is 0.137 e. The molecule has 0 atom stereocenters. The first-order valence-electron chi connectivity index (χ1n) is 4.96. The monoisotopic (exact) mass is 304 g/mol. The Hall–Kier alpha value is -0.350. The summed E-state index contributed by atoms with van der Waals surface area (Å²) in [5.41, 5.74) is 3.03. The third-order valence-corrected chi connectivity index (χ3v) is 4.73. The van der Waals surface area contributed by atoms with Gasteiger partial charge in [-0.15, -0.1) is 0 Å². The molecule has 0 aliphatic carbocycles. The van der Waals surface area contributed by atoms with Gasteiger partial charge in [0, 0.05) is 17.1 Å². The Morgan fingerprint density at radius 3 is 2.65 bits per heavy atom. The second-order valence-corrected chi connectivity index (χ2v) is 5.88. The molecule has 17 heavy (non-hydrogen) atoms. The van der Waals surface area contributed by atoms with Crippen LogP contribution in [0.2, 0.25) is 15.2 Å². The molecule has 1 aliphatic heterocycles. The summed E-state index contributed by atoms with van der Waals surface area (Å²) in [6.45, 7) is 0. The average Bonchev–Trinajstić information content (AvgIpc) is 2.86. The maximum absolute atomic E-state index is 6.31. The maximum atomic E-state index is 6.31. The number of fused-ring (bicyclic) bond motifs is 1. The number of nitrogens with zero attached hydrogens (tertiary/aromatic N) is 2. The van der Waals surface area contributed by atoms with E-state index < -0.39 is 0 Å². The van der Waals surface area contributed by atoms with Gasteiger partial charge in [-0.2, -0.15) is 16.9 Å². The molecule has 6 heteroatoms. The zero-order valence-corrected chi connectivity index (χ0v) is 11.7. The lowest BCUT2D eigenvalue weighted by atomic mass is 10.3. The molecule has 2 heterocycles. The molecule has 0 saturated carbocycles. The third kappa shape index (κ3) is 1.95. The fraction of sp³-hybridized carbons (Fsp3) is 0.182. The Morgan fingerprint density at radius 1 is 1.12 bits per heavy atom. The third-order valence-electron chi connectivity index (χ3n) is 2.64. The largest absolute Gasteiger partial charge is 0.222 e. The van der Waals surface area contributed by atoms with Gasteiger partial charge >= 0.3 is 0 Å². The lowest BCUT2D eigenvalue weighted by Crippen LogP contribution is -1.97. The highest BCUT2D eigenvalue weighted by Gasteiger charge is 2.22. The van der Waals surface area contributed by atoms with Crippen LogP contribution in [0.25, 0.3) is 5.69 Å². The summed E-state index contributed by atoms with van der Waals surface area (Å²) in [5.74, 6) is 1.85. The normalized spacial score (nSPS) is 14.1. The Balaban J connectivity index is 2.12. The molecule has 3 rings (SSSR count). The summed E-state index contributed by atoms with van der Waals surface area (Å²) in [6.07, 6.45) is 0. The number of rotatable bonds is 1. The Morgan fingerprint density at radius 2 is 1.94 bits per heavy atom. The molecule has 0 amide bonds. The molecule has 2 nitrogen and oxygen atoms in total. The van der Waals surface area contributed by atoms with Gasteiger partial charge < -0.3 is 0 Å². The summed E-state index contributed by atoms with van der Waals surface area (Å²) >= 11 is 20.0. The molecule has 0 saturated heterocycles. The van der Waals surface area contributed by atoms with E-state index >= 15 is 0 Å². The average molecular weight is 306 g/mol. The first kappa shape index (κ1) is 11.7. The number of benzene rings is 1. The number of thioether (sulfide) groups is 1. The van der Waals surface area contributed by atoms with E-state index in [4.69, 9.17) is 34.8 Å². The number of halogens is 3. The summed E-state index contributed by atoms with van der Waals surface area (Å²) < 4.78 is 1.72. The topological polar surface area (TPSA) is 17.8 Å². The highest BCUT2D eigenvalue weighted by Crippen LogP contribution is 2.36. The van der Waals surface area contributed by atoms with Crippen molar-refractivity contribution in [3.8, 4) is 5.69 Å². The number of hydrogen-bond donors (Lipinski definition) is 0. The number of aromatic nitrogens is 2. The number of hydrogen-bond acceptors (Lipinski definition) is 2. The van der Waals surface area contributed by atoms with Gasteiger partial charge in [-0.1, -0.05) is 34.8 Å². The molecule has 2 aromatic rings. The van der Waals surface area contributed by atoms with Gasteiger partial charge in [0.15, 0.2) is 0 Å². The minimum atomic E-state index is 0.505. The van der Waals surface area contributed by atoms with Gasteiger partial charge in [-0.25, -0.2) is 4.68 Å². The van der Waals surface area contributed by atoms with E-state index in [0.717, 1.165) is 28.5 Å². The van der Waals surface area contributed by atoms with Crippen LogP contribution in [-0.2, 0) is 11.5 Å². The molecule has 0 radical (unpaired) electrons. The summed E-state index contributed by atoms with van der Waals surface area (Å²) in [6, 6.07) is 5.37. The molecule has 0 fully saturated rings. The van der Waals surface area contributed by atoms with E-state index in [2.05, 4.69) is 5.10 Å². The van der Waals surface area contributed by atoms with E-state index in [1.807, 2.05) is 17.8 Å². The van der Waals surface area contributed by atoms with Crippen LogP contribution >= 0.6 is 46.6 Å². The molecule has 1 aromatic carbocycles. The second kappa shape index (κ2) is 4.39. The van der Waals surface area contributed by atoms with Crippen LogP contribution < -0.4 is 0 Å². The Labute approximate surface area is 118 Å². The van der Waals surface area contributed by atoms with Crippen LogP contribution in [0, 0.1) is 0 Å². The summed E-state index contributed by atoms with van der Waals surface area (Å²) in [4.78, 5) is 0. The van der Waals surface area contributed by atoms with Gasteiger partial charge in [0.2, 0.25) is 0 Å². The van der Waals surface area contributed by atoms with Gasteiger partial charge in [0.1, 0.15) is 5.15 Å². The van der Waals surface area contributed by atoms with Crippen LogP contribution in [-0.4, -0.2) is 9.78 Å². The standard InChI is InChI=1S/C11H7Cl3N2S/c12-8-2-1-6(3-9(8)13)16-11(14)7-4-17-5-10(7)15-16/h1-3H,4-5H2. The van der Waals surface area contributed by atoms with Gasteiger partial charge in [0.25, 0.3) is 0 Å². The van der Waals surface area contributed by atoms with E-state index in [0.29, 0.717) is 15.2 Å². The van der Waals surface area contributed by atoms with Crippen molar-refractivity contribution in [1.29, 1.82) is 0 Å². The highest BCUT2D eigenvalue weighted by atomic mass is 35.5. The minimum absolute atomic E-state index is 0.505. The summed E-state index contributed by atoms with van der Waals surface area (Å²) in [5, 5.41) is 6.20. The first-order chi connectivity index (χ1) is 8.16.